The molecule has 0 radical (unpaired) electrons. The van der Waals surface area contributed by atoms with Crippen LogP contribution >= 0.6 is 0 Å². The fourth-order valence-electron chi connectivity index (χ4n) is 4.32. The molecule has 35 heavy (non-hydrogen) atoms. The largest absolute Gasteiger partial charge is 0.470 e. The molecule has 0 atom stereocenters. The number of fused-ring (bicyclic) bond motifs is 1. The highest BCUT2D eigenvalue weighted by atomic mass is 16.5. The minimum Gasteiger partial charge on any atom is -0.470 e. The molecule has 0 spiro atoms. The highest BCUT2D eigenvalue weighted by Gasteiger charge is 2.21. The number of aromatic nitrogens is 3. The minimum absolute atomic E-state index is 0.0877. The Morgan fingerprint density at radius 3 is 2.74 bits per heavy atom. The lowest BCUT2D eigenvalue weighted by molar-refractivity contribution is -0.122. The minimum atomic E-state index is -0.210. The second-order valence-corrected chi connectivity index (χ2v) is 10.1. The second-order valence-electron chi connectivity index (χ2n) is 10.1. The normalized spacial score (nSPS) is 13.8. The summed E-state index contributed by atoms with van der Waals surface area (Å²) in [5.41, 5.74) is 12.4. The van der Waals surface area contributed by atoms with E-state index in [0.29, 0.717) is 18.9 Å². The van der Waals surface area contributed by atoms with Gasteiger partial charge in [0.2, 0.25) is 5.91 Å². The quantitative estimate of drug-likeness (QED) is 0.538. The predicted molar refractivity (Wildman–Crippen MR) is 137 cm³/mol. The van der Waals surface area contributed by atoms with Crippen molar-refractivity contribution in [1.82, 2.24) is 25.2 Å². The SMILES string of the molecule is Cc1cc(-c2cnc(N)c(OCc3ccncc3)n2)cc2c1CCN(CCC(=O)NC(C)(C)C)C2. The highest BCUT2D eigenvalue weighted by Crippen LogP contribution is 2.30. The van der Waals surface area contributed by atoms with Gasteiger partial charge in [-0.1, -0.05) is 0 Å². The number of hydrogen-bond donors (Lipinski definition) is 2. The van der Waals surface area contributed by atoms with E-state index in [1.54, 1.807) is 18.6 Å². The number of nitrogens with two attached hydrogens (primary N) is 1. The Morgan fingerprint density at radius 2 is 2.00 bits per heavy atom. The van der Waals surface area contributed by atoms with Crippen LogP contribution in [0.3, 0.4) is 0 Å². The summed E-state index contributed by atoms with van der Waals surface area (Å²) in [5.74, 6) is 0.669. The fourth-order valence-corrected chi connectivity index (χ4v) is 4.32. The lowest BCUT2D eigenvalue weighted by Crippen LogP contribution is -2.42. The van der Waals surface area contributed by atoms with E-state index in [1.165, 1.54) is 16.7 Å². The van der Waals surface area contributed by atoms with Gasteiger partial charge in [-0.05, 0) is 80.6 Å². The number of hydrogen-bond acceptors (Lipinski definition) is 7. The van der Waals surface area contributed by atoms with Crippen LogP contribution < -0.4 is 15.8 Å². The van der Waals surface area contributed by atoms with Crippen molar-refractivity contribution in [2.24, 2.45) is 0 Å². The number of carbonyl (C=O) groups excluding carboxylic acids is 1. The van der Waals surface area contributed by atoms with Gasteiger partial charge in [0.05, 0.1) is 11.9 Å². The van der Waals surface area contributed by atoms with Crippen LogP contribution in [0.4, 0.5) is 5.82 Å². The molecule has 3 heterocycles. The van der Waals surface area contributed by atoms with Crippen LogP contribution in [0.15, 0.2) is 42.9 Å². The molecular weight excluding hydrogens is 440 g/mol. The zero-order valence-corrected chi connectivity index (χ0v) is 21.0. The molecule has 3 N–H and O–H groups in total. The van der Waals surface area contributed by atoms with Gasteiger partial charge in [0, 0.05) is 49.6 Å². The first-order valence-electron chi connectivity index (χ1n) is 12.0. The third-order valence-electron chi connectivity index (χ3n) is 5.99. The molecule has 0 aliphatic carbocycles. The maximum absolute atomic E-state index is 12.3. The van der Waals surface area contributed by atoms with Gasteiger partial charge >= 0.3 is 0 Å². The maximum atomic E-state index is 12.3. The number of ether oxygens (including phenoxy) is 1. The van der Waals surface area contributed by atoms with Gasteiger partial charge in [-0.15, -0.1) is 0 Å². The molecule has 0 saturated carbocycles. The van der Waals surface area contributed by atoms with E-state index in [1.807, 2.05) is 32.9 Å². The summed E-state index contributed by atoms with van der Waals surface area (Å²) in [4.78, 5) is 27.6. The van der Waals surface area contributed by atoms with Gasteiger partial charge < -0.3 is 15.8 Å². The number of aryl methyl sites for hydroxylation is 1. The van der Waals surface area contributed by atoms with E-state index in [0.717, 1.165) is 42.9 Å². The molecule has 1 aliphatic rings. The lowest BCUT2D eigenvalue weighted by atomic mass is 9.92. The summed E-state index contributed by atoms with van der Waals surface area (Å²) in [5, 5.41) is 3.04. The number of amides is 1. The summed E-state index contributed by atoms with van der Waals surface area (Å²) < 4.78 is 5.86. The molecule has 184 valence electrons. The Hall–Kier alpha value is -3.52. The highest BCUT2D eigenvalue weighted by molar-refractivity contribution is 5.76. The Kier molecular flexibility index (Phi) is 7.31. The molecule has 1 amide bonds. The monoisotopic (exact) mass is 474 g/mol. The first-order valence-corrected chi connectivity index (χ1v) is 12.0. The van der Waals surface area contributed by atoms with Crippen LogP contribution in [0.1, 0.15) is 49.4 Å². The molecule has 0 bridgehead atoms. The summed E-state index contributed by atoms with van der Waals surface area (Å²) in [6.07, 6.45) is 6.59. The number of pyridine rings is 1. The lowest BCUT2D eigenvalue weighted by Gasteiger charge is -2.30. The standard InChI is InChI=1S/C27H34N6O2/c1-18-13-20(23-15-30-25(28)26(31-23)35-17-19-5-9-29-10-6-19)14-21-16-33(11-7-22(18)21)12-8-24(34)32-27(2,3)4/h5-6,9-10,13-15H,7-8,11-12,16-17H2,1-4H3,(H2,28,30)(H,32,34). The topological polar surface area (TPSA) is 106 Å². The number of rotatable bonds is 7. The van der Waals surface area contributed by atoms with Crippen LogP contribution in [-0.2, 0) is 24.4 Å². The zero-order chi connectivity index (χ0) is 25.0. The Labute approximate surface area is 207 Å². The molecule has 8 heteroatoms. The molecular formula is C27H34N6O2. The molecule has 0 fully saturated rings. The molecule has 1 aliphatic heterocycles. The average molecular weight is 475 g/mol. The molecule has 0 saturated heterocycles. The number of nitrogens with zero attached hydrogens (tertiary/aromatic N) is 4. The van der Waals surface area contributed by atoms with Crippen molar-refractivity contribution in [3.05, 3.63) is 65.1 Å². The van der Waals surface area contributed by atoms with Crippen molar-refractivity contribution in [2.75, 3.05) is 18.8 Å². The van der Waals surface area contributed by atoms with E-state index in [2.05, 4.69) is 44.2 Å². The molecule has 3 aromatic rings. The first kappa shape index (κ1) is 24.6. The van der Waals surface area contributed by atoms with Crippen molar-refractivity contribution in [1.29, 1.82) is 0 Å². The Morgan fingerprint density at radius 1 is 1.23 bits per heavy atom. The molecule has 0 unspecified atom stereocenters. The third kappa shape index (κ3) is 6.54. The number of anilines is 1. The second kappa shape index (κ2) is 10.4. The summed E-state index contributed by atoms with van der Waals surface area (Å²) in [6, 6.07) is 8.10. The van der Waals surface area contributed by atoms with Crippen LogP contribution in [-0.4, -0.2) is 44.4 Å². The van der Waals surface area contributed by atoms with Gasteiger partial charge in [-0.25, -0.2) is 9.97 Å². The molecule has 4 rings (SSSR count). The Balaban J connectivity index is 1.48. The van der Waals surface area contributed by atoms with Crippen molar-refractivity contribution in [2.45, 2.75) is 59.2 Å². The van der Waals surface area contributed by atoms with Gasteiger partial charge in [0.15, 0.2) is 5.82 Å². The van der Waals surface area contributed by atoms with Crippen LogP contribution in [0, 0.1) is 6.92 Å². The molecule has 2 aromatic heterocycles. The van der Waals surface area contributed by atoms with Crippen LogP contribution in [0.25, 0.3) is 11.3 Å². The van der Waals surface area contributed by atoms with Gasteiger partial charge in [0.25, 0.3) is 5.88 Å². The maximum Gasteiger partial charge on any atom is 0.258 e. The van der Waals surface area contributed by atoms with Crippen molar-refractivity contribution >= 4 is 11.7 Å². The molecule has 1 aromatic carbocycles. The van der Waals surface area contributed by atoms with E-state index >= 15 is 0 Å². The van der Waals surface area contributed by atoms with E-state index in [9.17, 15) is 4.79 Å². The fraction of sp³-hybridized carbons (Fsp3) is 0.407. The van der Waals surface area contributed by atoms with Crippen molar-refractivity contribution in [3.8, 4) is 17.1 Å². The third-order valence-corrected chi connectivity index (χ3v) is 5.99. The summed E-state index contributed by atoms with van der Waals surface area (Å²) >= 11 is 0. The Bertz CT molecular complexity index is 1190. The van der Waals surface area contributed by atoms with Gasteiger partial charge in [0.1, 0.15) is 6.61 Å². The number of carbonyl (C=O) groups is 1. The molecule has 8 nitrogen and oxygen atoms in total. The number of benzene rings is 1. The van der Waals surface area contributed by atoms with E-state index < -0.39 is 0 Å². The first-order chi connectivity index (χ1) is 16.7. The van der Waals surface area contributed by atoms with Crippen molar-refractivity contribution in [3.63, 3.8) is 0 Å². The summed E-state index contributed by atoms with van der Waals surface area (Å²) in [7, 11) is 0. The van der Waals surface area contributed by atoms with Crippen molar-refractivity contribution < 1.29 is 9.53 Å². The van der Waals surface area contributed by atoms with Gasteiger partial charge in [-0.2, -0.15) is 0 Å². The zero-order valence-electron chi connectivity index (χ0n) is 21.0. The van der Waals surface area contributed by atoms with Gasteiger partial charge in [-0.3, -0.25) is 14.7 Å². The number of nitrogens with one attached hydrogen (secondary N) is 1. The number of nitrogen functional groups attached to an aromatic ring is 1. The summed E-state index contributed by atoms with van der Waals surface area (Å²) in [6.45, 7) is 11.0. The predicted octanol–water partition coefficient (Wildman–Crippen LogP) is 3.67. The van der Waals surface area contributed by atoms with E-state index in [-0.39, 0.29) is 17.3 Å². The smallest absolute Gasteiger partial charge is 0.258 e. The van der Waals surface area contributed by atoms with E-state index in [4.69, 9.17) is 10.5 Å². The average Bonchev–Trinajstić information content (AvgIpc) is 2.81. The van der Waals surface area contributed by atoms with Crippen LogP contribution in [0.5, 0.6) is 5.88 Å². The van der Waals surface area contributed by atoms with Crippen LogP contribution in [0.2, 0.25) is 0 Å².